The predicted octanol–water partition coefficient (Wildman–Crippen LogP) is 7.40. The molecule has 0 radical (unpaired) electrons. The first-order chi connectivity index (χ1) is 15.5. The van der Waals surface area contributed by atoms with Gasteiger partial charge < -0.3 is 14.8 Å². The monoisotopic (exact) mass is 553 g/mol. The molecule has 0 saturated carbocycles. The third kappa shape index (κ3) is 5.68. The van der Waals surface area contributed by atoms with Crippen molar-refractivity contribution >= 4 is 50.7 Å². The first-order valence-electron chi connectivity index (χ1n) is 10.4. The second-order valence-corrected chi connectivity index (χ2v) is 9.98. The molecule has 0 spiro atoms. The van der Waals surface area contributed by atoms with Crippen LogP contribution in [0.4, 0.5) is 0 Å². The highest BCUT2D eigenvalue weighted by molar-refractivity contribution is 9.10. The lowest BCUT2D eigenvalue weighted by Gasteiger charge is -2.44. The van der Waals surface area contributed by atoms with Crippen molar-refractivity contribution in [2.75, 3.05) is 13.1 Å². The Balaban J connectivity index is 1.60. The number of halogens is 4. The Bertz CT molecular complexity index is 1050. The molecule has 4 rings (SSSR count). The van der Waals surface area contributed by atoms with E-state index < -0.39 is 5.60 Å². The van der Waals surface area contributed by atoms with Gasteiger partial charge in [0.05, 0.1) is 23.3 Å². The number of hydrogen-bond acceptors (Lipinski definition) is 3. The van der Waals surface area contributed by atoms with Crippen LogP contribution in [0.2, 0.25) is 15.1 Å². The van der Waals surface area contributed by atoms with Gasteiger partial charge in [-0.25, -0.2) is 0 Å². The summed E-state index contributed by atoms with van der Waals surface area (Å²) in [4.78, 5) is 0. The lowest BCUT2D eigenvalue weighted by Crippen LogP contribution is -2.54. The molecule has 1 fully saturated rings. The van der Waals surface area contributed by atoms with Crippen LogP contribution in [0, 0.1) is 0 Å². The first kappa shape index (κ1) is 24.0. The number of hydrogen-bond donors (Lipinski definition) is 1. The maximum Gasteiger partial charge on any atom is 0.122 e. The largest absolute Gasteiger partial charge is 0.369 e. The quantitative estimate of drug-likeness (QED) is 0.330. The van der Waals surface area contributed by atoms with Gasteiger partial charge in [0, 0.05) is 16.0 Å². The summed E-state index contributed by atoms with van der Waals surface area (Å²) in [5, 5.41) is 5.19. The summed E-state index contributed by atoms with van der Waals surface area (Å²) in [5.74, 6) is 0. The standard InChI is InChI=1S/C25H23BrCl3NO2/c26-20-6-1-17(2-7-20)16-32-25(19-4-8-21(27)9-5-19)11-12-30-14-24(25)31-15-18-3-10-22(28)23(29)13-18/h1-10,13,24,30H,11-12,14-16H2. The third-order valence-corrected chi connectivity index (χ3v) is 7.22. The Hall–Kier alpha value is -1.11. The smallest absolute Gasteiger partial charge is 0.122 e. The summed E-state index contributed by atoms with van der Waals surface area (Å²) in [6, 6.07) is 21.6. The van der Waals surface area contributed by atoms with E-state index in [2.05, 4.69) is 33.4 Å². The van der Waals surface area contributed by atoms with Gasteiger partial charge in [0.1, 0.15) is 11.7 Å². The second-order valence-electron chi connectivity index (χ2n) is 7.81. The van der Waals surface area contributed by atoms with Crippen LogP contribution in [0.1, 0.15) is 23.1 Å². The molecule has 168 valence electrons. The van der Waals surface area contributed by atoms with E-state index in [1.54, 1.807) is 6.07 Å². The van der Waals surface area contributed by atoms with Crippen LogP contribution in [-0.4, -0.2) is 19.2 Å². The fraction of sp³-hybridized carbons (Fsp3) is 0.280. The van der Waals surface area contributed by atoms with Gasteiger partial charge in [-0.3, -0.25) is 0 Å². The minimum atomic E-state index is -0.612. The molecule has 2 unspecified atom stereocenters. The van der Waals surface area contributed by atoms with E-state index in [0.29, 0.717) is 34.8 Å². The van der Waals surface area contributed by atoms with Gasteiger partial charge in [0.15, 0.2) is 0 Å². The molecular weight excluding hydrogens is 533 g/mol. The minimum absolute atomic E-state index is 0.206. The Morgan fingerprint density at radius 2 is 1.59 bits per heavy atom. The molecule has 0 aliphatic carbocycles. The second kappa shape index (κ2) is 10.9. The van der Waals surface area contributed by atoms with Crippen LogP contribution in [0.15, 0.2) is 71.2 Å². The van der Waals surface area contributed by atoms with Crippen LogP contribution in [0.3, 0.4) is 0 Å². The number of rotatable bonds is 7. The molecule has 1 saturated heterocycles. The lowest BCUT2D eigenvalue weighted by molar-refractivity contribution is -0.176. The molecule has 0 amide bonds. The van der Waals surface area contributed by atoms with E-state index in [-0.39, 0.29) is 6.10 Å². The third-order valence-electron chi connectivity index (χ3n) is 5.70. The molecule has 1 N–H and O–H groups in total. The summed E-state index contributed by atoms with van der Waals surface area (Å²) in [6.45, 7) is 2.38. The fourth-order valence-electron chi connectivity index (χ4n) is 3.96. The summed E-state index contributed by atoms with van der Waals surface area (Å²) in [7, 11) is 0. The van der Waals surface area contributed by atoms with Gasteiger partial charge in [-0.2, -0.15) is 0 Å². The number of benzene rings is 3. The van der Waals surface area contributed by atoms with Crippen molar-refractivity contribution in [1.29, 1.82) is 0 Å². The molecule has 2 atom stereocenters. The first-order valence-corrected chi connectivity index (χ1v) is 12.3. The van der Waals surface area contributed by atoms with Crippen LogP contribution in [-0.2, 0) is 28.3 Å². The highest BCUT2D eigenvalue weighted by Crippen LogP contribution is 2.39. The highest BCUT2D eigenvalue weighted by Gasteiger charge is 2.44. The summed E-state index contributed by atoms with van der Waals surface area (Å²) in [5.41, 5.74) is 2.50. The van der Waals surface area contributed by atoms with Crippen molar-refractivity contribution in [3.05, 3.63) is 103 Å². The highest BCUT2D eigenvalue weighted by atomic mass is 79.9. The van der Waals surface area contributed by atoms with Crippen LogP contribution >= 0.6 is 50.7 Å². The Labute approximate surface area is 212 Å². The molecule has 1 heterocycles. The van der Waals surface area contributed by atoms with E-state index in [1.807, 2.05) is 48.5 Å². The van der Waals surface area contributed by atoms with Gasteiger partial charge in [-0.05, 0) is 66.1 Å². The lowest BCUT2D eigenvalue weighted by atomic mass is 9.82. The van der Waals surface area contributed by atoms with E-state index in [4.69, 9.17) is 44.3 Å². The van der Waals surface area contributed by atoms with Gasteiger partial charge in [-0.15, -0.1) is 0 Å². The molecule has 3 aromatic carbocycles. The molecule has 7 heteroatoms. The van der Waals surface area contributed by atoms with Gasteiger partial charge in [-0.1, -0.05) is 81.1 Å². The number of piperidine rings is 1. The zero-order valence-electron chi connectivity index (χ0n) is 17.3. The maximum atomic E-state index is 6.70. The average Bonchev–Trinajstić information content (AvgIpc) is 2.80. The molecule has 0 aromatic heterocycles. The molecule has 32 heavy (non-hydrogen) atoms. The van der Waals surface area contributed by atoms with Crippen molar-refractivity contribution in [1.82, 2.24) is 5.32 Å². The van der Waals surface area contributed by atoms with Crippen LogP contribution in [0.5, 0.6) is 0 Å². The summed E-state index contributed by atoms with van der Waals surface area (Å²) < 4.78 is 14.2. The van der Waals surface area contributed by atoms with Crippen molar-refractivity contribution in [2.45, 2.75) is 31.3 Å². The minimum Gasteiger partial charge on any atom is -0.369 e. The molecule has 0 bridgehead atoms. The zero-order chi connectivity index (χ0) is 22.6. The zero-order valence-corrected chi connectivity index (χ0v) is 21.1. The van der Waals surface area contributed by atoms with E-state index in [9.17, 15) is 0 Å². The fourth-order valence-corrected chi connectivity index (χ4v) is 4.67. The van der Waals surface area contributed by atoms with Gasteiger partial charge in [0.2, 0.25) is 0 Å². The van der Waals surface area contributed by atoms with Gasteiger partial charge >= 0.3 is 0 Å². The SMILES string of the molecule is Clc1ccc(C2(OCc3ccc(Br)cc3)CCNCC2OCc2ccc(Cl)c(Cl)c2)cc1. The molecule has 1 aliphatic heterocycles. The molecule has 1 aliphatic rings. The predicted molar refractivity (Wildman–Crippen MR) is 135 cm³/mol. The maximum absolute atomic E-state index is 6.70. The summed E-state index contributed by atoms with van der Waals surface area (Å²) in [6.07, 6.45) is 0.569. The number of nitrogens with one attached hydrogen (secondary N) is 1. The summed E-state index contributed by atoms with van der Waals surface area (Å²) >= 11 is 21.9. The van der Waals surface area contributed by atoms with E-state index in [1.165, 1.54) is 0 Å². The number of ether oxygens (including phenoxy) is 2. The van der Waals surface area contributed by atoms with Crippen molar-refractivity contribution in [3.63, 3.8) is 0 Å². The topological polar surface area (TPSA) is 30.5 Å². The Morgan fingerprint density at radius 1 is 0.875 bits per heavy atom. The van der Waals surface area contributed by atoms with Crippen molar-refractivity contribution in [3.8, 4) is 0 Å². The average molecular weight is 556 g/mol. The molecule has 3 nitrogen and oxygen atoms in total. The van der Waals surface area contributed by atoms with Gasteiger partial charge in [0.25, 0.3) is 0 Å². The van der Waals surface area contributed by atoms with E-state index in [0.717, 1.165) is 34.1 Å². The molecule has 3 aromatic rings. The Morgan fingerprint density at radius 3 is 2.31 bits per heavy atom. The van der Waals surface area contributed by atoms with Crippen LogP contribution in [0.25, 0.3) is 0 Å². The van der Waals surface area contributed by atoms with Crippen LogP contribution < -0.4 is 5.32 Å². The van der Waals surface area contributed by atoms with Crippen molar-refractivity contribution < 1.29 is 9.47 Å². The normalized spacial score (nSPS) is 20.9. The van der Waals surface area contributed by atoms with Crippen molar-refractivity contribution in [2.24, 2.45) is 0 Å². The Kier molecular flexibility index (Phi) is 8.17. The molecular formula is C25H23BrCl3NO2. The van der Waals surface area contributed by atoms with E-state index >= 15 is 0 Å².